The molecule has 0 saturated carbocycles. The first kappa shape index (κ1) is 13.0. The third-order valence-electron chi connectivity index (χ3n) is 2.81. The van der Waals surface area contributed by atoms with Crippen LogP contribution in [0.4, 0.5) is 0 Å². The lowest BCUT2D eigenvalue weighted by atomic mass is 10.3. The van der Waals surface area contributed by atoms with E-state index < -0.39 is 0 Å². The van der Waals surface area contributed by atoms with Crippen molar-refractivity contribution in [3.63, 3.8) is 0 Å². The lowest BCUT2D eigenvalue weighted by Crippen LogP contribution is -2.19. The summed E-state index contributed by atoms with van der Waals surface area (Å²) in [6.07, 6.45) is 1.06. The molecule has 0 spiro atoms. The molecular weight excluding hydrogens is 246 g/mol. The van der Waals surface area contributed by atoms with Crippen LogP contribution in [0.3, 0.4) is 0 Å². The van der Waals surface area contributed by atoms with E-state index in [-0.39, 0.29) is 12.5 Å². The van der Waals surface area contributed by atoms with E-state index in [4.69, 9.17) is 5.73 Å². The summed E-state index contributed by atoms with van der Waals surface area (Å²) in [5.41, 5.74) is 7.18. The molecule has 0 unspecified atom stereocenters. The molecular formula is C13H17N3OS. The Bertz CT molecular complexity index is 564. The first-order valence-electron chi connectivity index (χ1n) is 6.02. The topological polar surface area (TPSA) is 60.9 Å². The molecule has 0 radical (unpaired) electrons. The number of aromatic nitrogens is 2. The summed E-state index contributed by atoms with van der Waals surface area (Å²) in [6.45, 7) is 4.47. The third-order valence-corrected chi connectivity index (χ3v) is 4.07. The molecule has 0 aliphatic rings. The highest BCUT2D eigenvalue weighted by Gasteiger charge is 2.14. The minimum Gasteiger partial charge on any atom is -0.368 e. The quantitative estimate of drug-likeness (QED) is 0.843. The first-order valence-corrected chi connectivity index (χ1v) is 6.90. The molecule has 2 N–H and O–H groups in total. The van der Waals surface area contributed by atoms with Crippen molar-refractivity contribution in [2.24, 2.45) is 5.73 Å². The van der Waals surface area contributed by atoms with Crippen molar-refractivity contribution in [2.75, 3.05) is 0 Å². The summed E-state index contributed by atoms with van der Waals surface area (Å²) >= 11 is 1.68. The van der Waals surface area contributed by atoms with Crippen molar-refractivity contribution in [3.8, 4) is 0 Å². The Hall–Kier alpha value is -1.49. The second-order valence-corrected chi connectivity index (χ2v) is 5.68. The van der Waals surface area contributed by atoms with Gasteiger partial charge in [0.1, 0.15) is 6.54 Å². The van der Waals surface area contributed by atoms with Gasteiger partial charge in [0.05, 0.1) is 11.0 Å². The van der Waals surface area contributed by atoms with Crippen LogP contribution in [0.25, 0.3) is 11.0 Å². The minimum atomic E-state index is -0.343. The van der Waals surface area contributed by atoms with E-state index in [1.165, 1.54) is 0 Å². The molecule has 0 bridgehead atoms. The van der Waals surface area contributed by atoms with Crippen LogP contribution in [-0.4, -0.2) is 20.7 Å². The molecule has 4 nitrogen and oxygen atoms in total. The van der Waals surface area contributed by atoms with Gasteiger partial charge < -0.3 is 10.3 Å². The number of hydrogen-bond donors (Lipinski definition) is 1. The molecule has 96 valence electrons. The number of imidazole rings is 1. The Morgan fingerprint density at radius 3 is 2.89 bits per heavy atom. The van der Waals surface area contributed by atoms with Crippen LogP contribution >= 0.6 is 11.8 Å². The maximum absolute atomic E-state index is 11.2. The highest BCUT2D eigenvalue weighted by Crippen LogP contribution is 2.28. The Kier molecular flexibility index (Phi) is 3.91. The predicted octanol–water partition coefficient (Wildman–Crippen LogP) is 2.41. The van der Waals surface area contributed by atoms with E-state index in [0.717, 1.165) is 22.6 Å². The number of hydrogen-bond acceptors (Lipinski definition) is 3. The van der Waals surface area contributed by atoms with Crippen LogP contribution in [0, 0.1) is 0 Å². The number of nitrogens with two attached hydrogens (primary N) is 1. The zero-order valence-corrected chi connectivity index (χ0v) is 11.4. The van der Waals surface area contributed by atoms with Gasteiger partial charge in [0.25, 0.3) is 0 Å². The fourth-order valence-electron chi connectivity index (χ4n) is 1.72. The molecule has 0 fully saturated rings. The van der Waals surface area contributed by atoms with Gasteiger partial charge >= 0.3 is 0 Å². The van der Waals surface area contributed by atoms with Crippen LogP contribution in [0.5, 0.6) is 0 Å². The van der Waals surface area contributed by atoms with Crippen molar-refractivity contribution >= 4 is 28.7 Å². The van der Waals surface area contributed by atoms with E-state index in [1.54, 1.807) is 11.8 Å². The maximum Gasteiger partial charge on any atom is 0.237 e. The molecule has 1 atom stereocenters. The van der Waals surface area contributed by atoms with Gasteiger partial charge in [-0.1, -0.05) is 37.7 Å². The number of carbonyl (C=O) groups is 1. The fraction of sp³-hybridized carbons (Fsp3) is 0.385. The molecule has 2 aromatic rings. The highest BCUT2D eigenvalue weighted by atomic mass is 32.2. The zero-order chi connectivity index (χ0) is 13.1. The number of rotatable bonds is 5. The monoisotopic (exact) mass is 263 g/mol. The van der Waals surface area contributed by atoms with E-state index >= 15 is 0 Å². The van der Waals surface area contributed by atoms with E-state index in [2.05, 4.69) is 18.8 Å². The molecule has 18 heavy (non-hydrogen) atoms. The number of thioether (sulfide) groups is 1. The Morgan fingerprint density at radius 2 is 2.22 bits per heavy atom. The average molecular weight is 263 g/mol. The largest absolute Gasteiger partial charge is 0.368 e. The van der Waals surface area contributed by atoms with Gasteiger partial charge in [0.15, 0.2) is 5.16 Å². The zero-order valence-electron chi connectivity index (χ0n) is 10.6. The number of benzene rings is 1. The van der Waals surface area contributed by atoms with Gasteiger partial charge in [-0.05, 0) is 18.6 Å². The van der Waals surface area contributed by atoms with Gasteiger partial charge in [-0.25, -0.2) is 4.98 Å². The lowest BCUT2D eigenvalue weighted by Gasteiger charge is -2.09. The van der Waals surface area contributed by atoms with Crippen LogP contribution in [0.1, 0.15) is 20.3 Å². The Morgan fingerprint density at radius 1 is 1.50 bits per heavy atom. The highest BCUT2D eigenvalue weighted by molar-refractivity contribution is 7.99. The molecule has 5 heteroatoms. The third kappa shape index (κ3) is 2.67. The molecule has 1 amide bonds. The Labute approximate surface area is 111 Å². The summed E-state index contributed by atoms with van der Waals surface area (Å²) in [4.78, 5) is 15.8. The van der Waals surface area contributed by atoms with Crippen molar-refractivity contribution in [1.29, 1.82) is 0 Å². The standard InChI is InChI=1S/C13H17N3OS/c1-3-9(2)18-13-15-10-6-4-5-7-11(10)16(13)8-12(14)17/h4-7,9H,3,8H2,1-2H3,(H2,14,17)/t9-/m1/s1. The van der Waals surface area contributed by atoms with Gasteiger partial charge in [0, 0.05) is 5.25 Å². The van der Waals surface area contributed by atoms with Crippen LogP contribution in [-0.2, 0) is 11.3 Å². The molecule has 1 heterocycles. The predicted molar refractivity (Wildman–Crippen MR) is 74.5 cm³/mol. The van der Waals surface area contributed by atoms with Crippen LogP contribution in [0.2, 0.25) is 0 Å². The van der Waals surface area contributed by atoms with Crippen molar-refractivity contribution in [2.45, 2.75) is 37.2 Å². The number of fused-ring (bicyclic) bond motifs is 1. The summed E-state index contributed by atoms with van der Waals surface area (Å²) in [5.74, 6) is -0.343. The number of carbonyl (C=O) groups excluding carboxylic acids is 1. The van der Waals surface area contributed by atoms with E-state index in [0.29, 0.717) is 5.25 Å². The van der Waals surface area contributed by atoms with Gasteiger partial charge in [-0.2, -0.15) is 0 Å². The molecule has 0 aliphatic heterocycles. The molecule has 1 aromatic carbocycles. The lowest BCUT2D eigenvalue weighted by molar-refractivity contribution is -0.118. The summed E-state index contributed by atoms with van der Waals surface area (Å²) in [5, 5.41) is 1.33. The van der Waals surface area contributed by atoms with E-state index in [9.17, 15) is 4.79 Å². The number of primary amides is 1. The fourth-order valence-corrected chi connectivity index (χ4v) is 2.68. The molecule has 0 saturated heterocycles. The second kappa shape index (κ2) is 5.44. The maximum atomic E-state index is 11.2. The second-order valence-electron chi connectivity index (χ2n) is 4.27. The van der Waals surface area contributed by atoms with Crippen LogP contribution < -0.4 is 5.73 Å². The number of para-hydroxylation sites is 2. The van der Waals surface area contributed by atoms with Gasteiger partial charge in [0.2, 0.25) is 5.91 Å². The summed E-state index contributed by atoms with van der Waals surface area (Å²) < 4.78 is 1.90. The average Bonchev–Trinajstić information content (AvgIpc) is 2.67. The summed E-state index contributed by atoms with van der Waals surface area (Å²) in [7, 11) is 0. The molecule has 1 aromatic heterocycles. The number of nitrogens with zero attached hydrogens (tertiary/aromatic N) is 2. The first-order chi connectivity index (χ1) is 8.61. The summed E-state index contributed by atoms with van der Waals surface area (Å²) in [6, 6.07) is 7.81. The van der Waals surface area contributed by atoms with Crippen LogP contribution in [0.15, 0.2) is 29.4 Å². The molecule has 0 aliphatic carbocycles. The van der Waals surface area contributed by atoms with Crippen molar-refractivity contribution < 1.29 is 4.79 Å². The smallest absolute Gasteiger partial charge is 0.237 e. The van der Waals surface area contributed by atoms with E-state index in [1.807, 2.05) is 28.8 Å². The Balaban J connectivity index is 2.46. The molecule has 2 rings (SSSR count). The van der Waals surface area contributed by atoms with Gasteiger partial charge in [-0.3, -0.25) is 4.79 Å². The number of amides is 1. The normalized spacial score (nSPS) is 12.8. The van der Waals surface area contributed by atoms with Gasteiger partial charge in [-0.15, -0.1) is 0 Å². The van der Waals surface area contributed by atoms with Crippen molar-refractivity contribution in [3.05, 3.63) is 24.3 Å². The van der Waals surface area contributed by atoms with Crippen molar-refractivity contribution in [1.82, 2.24) is 9.55 Å². The SMILES string of the molecule is CC[C@@H](C)Sc1nc2ccccc2n1CC(N)=O. The minimum absolute atomic E-state index is 0.180.